The lowest BCUT2D eigenvalue weighted by molar-refractivity contribution is -0.184. The van der Waals surface area contributed by atoms with Gasteiger partial charge in [0, 0.05) is 38.5 Å². The van der Waals surface area contributed by atoms with E-state index in [2.05, 4.69) is 9.47 Å². The fraction of sp³-hybridized carbons (Fsp3) is 0.808. The molecule has 4 aliphatic carbocycles. The zero-order chi connectivity index (χ0) is 81.1. The summed E-state index contributed by atoms with van der Waals surface area (Å²) in [7, 11) is 0. The summed E-state index contributed by atoms with van der Waals surface area (Å²) < 4.78 is 76.1. The number of carbonyl (C=O) groups is 15. The van der Waals surface area contributed by atoms with Crippen LogP contribution in [0.2, 0.25) is 0 Å². The second kappa shape index (κ2) is 38.6. The molecule has 12 atom stereocenters. The molecular weight excluding hydrogens is 1420 g/mol. The van der Waals surface area contributed by atoms with Crippen LogP contribution in [0.4, 0.5) is 0 Å². The third kappa shape index (κ3) is 26.4. The number of fused-ring (bicyclic) bond motifs is 2. The highest BCUT2D eigenvalue weighted by Gasteiger charge is 2.57. The summed E-state index contributed by atoms with van der Waals surface area (Å²) in [5, 5.41) is 0. The van der Waals surface area contributed by atoms with Crippen molar-refractivity contribution in [1.82, 2.24) is 0 Å². The molecule has 30 nitrogen and oxygen atoms in total. The zero-order valence-electron chi connectivity index (χ0n) is 66.6. The molecule has 4 saturated carbocycles. The second-order valence-corrected chi connectivity index (χ2v) is 33.5. The van der Waals surface area contributed by atoms with Crippen LogP contribution in [0, 0.1) is 56.2 Å². The Balaban J connectivity index is 0.000000235. The number of esters is 15. The Morgan fingerprint density at radius 3 is 1.06 bits per heavy atom. The number of hydrogen-bond donors (Lipinski definition) is 0. The van der Waals surface area contributed by atoms with Crippen LogP contribution >= 0.6 is 0 Å². The molecule has 8 saturated heterocycles. The molecule has 0 aromatic rings. The first-order valence-corrected chi connectivity index (χ1v) is 38.0. The summed E-state index contributed by atoms with van der Waals surface area (Å²) in [6.07, 6.45) is 10.0. The van der Waals surface area contributed by atoms with Crippen molar-refractivity contribution < 1.29 is 143 Å². The van der Waals surface area contributed by atoms with Crippen molar-refractivity contribution in [2.24, 2.45) is 56.2 Å². The first kappa shape index (κ1) is 90.7. The quantitative estimate of drug-likeness (QED) is 0.0641. The minimum atomic E-state index is -0.865. The van der Waals surface area contributed by atoms with Crippen molar-refractivity contribution in [3.8, 4) is 0 Å². The highest BCUT2D eigenvalue weighted by atomic mass is 16.6. The van der Waals surface area contributed by atoms with Crippen LogP contribution in [0.5, 0.6) is 0 Å². The van der Waals surface area contributed by atoms with Crippen molar-refractivity contribution in [2.45, 2.75) is 301 Å². The van der Waals surface area contributed by atoms with Gasteiger partial charge in [-0.25, -0.2) is 24.0 Å². The summed E-state index contributed by atoms with van der Waals surface area (Å²) >= 11 is 0. The Hall–Kier alpha value is -7.95. The van der Waals surface area contributed by atoms with E-state index in [9.17, 15) is 71.9 Å². The second-order valence-electron chi connectivity index (χ2n) is 33.5. The van der Waals surface area contributed by atoms with Gasteiger partial charge in [-0.15, -0.1) is 0 Å². The van der Waals surface area contributed by atoms with Gasteiger partial charge in [0.15, 0.2) is 19.8 Å². The minimum absolute atomic E-state index is 0.0497. The first-order chi connectivity index (χ1) is 50.2. The SMILES string of the molecule is CCC(C)(C)C(=O)OC12CC3CC(C1)OC(=O)C(C3)C2.CCC(C)(C)C(=O)OC1CCOC1=O.CCC(C)(C)C(=O)OC1COC(=O)C1.CCC(C)(C)C(=O)OCC(=O)OC12CC3CC(C1)OC(=O)C(C3)C2.CCC(C)(C)C(=O)OCC(=O)OC1CCOC1=O.CCC(C)(C)C(=O)OCC(=O)OC1COC(=O)C1. The molecule has 8 heterocycles. The molecule has 8 bridgehead atoms. The van der Waals surface area contributed by atoms with Gasteiger partial charge in [-0.2, -0.15) is 0 Å². The normalized spacial score (nSPS) is 27.1. The van der Waals surface area contributed by atoms with E-state index in [1.165, 1.54) is 0 Å². The molecule has 108 heavy (non-hydrogen) atoms. The molecule has 0 aromatic carbocycles. The lowest BCUT2D eigenvalue weighted by Gasteiger charge is -2.46. The number of cyclic esters (lactones) is 4. The predicted molar refractivity (Wildman–Crippen MR) is 377 cm³/mol. The van der Waals surface area contributed by atoms with Crippen LogP contribution in [0.15, 0.2) is 0 Å². The fourth-order valence-electron chi connectivity index (χ4n) is 12.7. The van der Waals surface area contributed by atoms with E-state index in [4.69, 9.17) is 61.6 Å². The van der Waals surface area contributed by atoms with E-state index in [0.717, 1.165) is 44.9 Å². The Bertz CT molecular complexity index is 3250. The van der Waals surface area contributed by atoms with Gasteiger partial charge in [-0.05, 0) is 172 Å². The maximum Gasteiger partial charge on any atom is 0.347 e. The predicted octanol–water partition coefficient (Wildman–Crippen LogP) is 9.44. The average Bonchev–Trinajstić information content (AvgIpc) is 1.77. The molecule has 12 unspecified atom stereocenters. The molecule has 0 spiro atoms. The van der Waals surface area contributed by atoms with Crippen LogP contribution in [0.3, 0.4) is 0 Å². The highest BCUT2D eigenvalue weighted by molar-refractivity contribution is 5.85. The lowest BCUT2D eigenvalue weighted by Crippen LogP contribution is -2.49. The fourth-order valence-corrected chi connectivity index (χ4v) is 12.7. The van der Waals surface area contributed by atoms with Crippen molar-refractivity contribution >= 4 is 89.5 Å². The van der Waals surface area contributed by atoms with E-state index < -0.39 is 129 Å². The van der Waals surface area contributed by atoms with Gasteiger partial charge in [0.1, 0.15) is 48.8 Å². The van der Waals surface area contributed by atoms with E-state index in [-0.39, 0.29) is 105 Å². The van der Waals surface area contributed by atoms with Gasteiger partial charge in [0.05, 0.1) is 70.4 Å². The van der Waals surface area contributed by atoms with Crippen LogP contribution in [-0.4, -0.2) is 184 Å². The van der Waals surface area contributed by atoms with Crippen molar-refractivity contribution in [2.75, 3.05) is 46.2 Å². The summed E-state index contributed by atoms with van der Waals surface area (Å²) in [4.78, 5) is 173. The maximum atomic E-state index is 12.4. The molecule has 0 amide bonds. The molecule has 8 aliphatic heterocycles. The Morgan fingerprint density at radius 1 is 0.361 bits per heavy atom. The van der Waals surface area contributed by atoms with E-state index >= 15 is 0 Å². The average molecular weight is 1540 g/mol. The maximum absolute atomic E-state index is 12.4. The molecule has 12 rings (SSSR count). The third-order valence-corrected chi connectivity index (χ3v) is 22.2. The smallest absolute Gasteiger partial charge is 0.347 e. The Labute approximate surface area is 633 Å². The van der Waals surface area contributed by atoms with E-state index in [1.807, 2.05) is 69.2 Å². The van der Waals surface area contributed by atoms with Gasteiger partial charge in [-0.1, -0.05) is 41.5 Å². The summed E-state index contributed by atoms with van der Waals surface area (Å²) in [5.74, 6) is -5.28. The molecular formula is C78H118O30. The zero-order valence-corrected chi connectivity index (χ0v) is 66.6. The topological polar surface area (TPSA) is 394 Å². The monoisotopic (exact) mass is 1530 g/mol. The van der Waals surface area contributed by atoms with Crippen LogP contribution in [0.1, 0.15) is 253 Å². The van der Waals surface area contributed by atoms with Gasteiger partial charge in [0.25, 0.3) is 0 Å². The van der Waals surface area contributed by atoms with Crippen molar-refractivity contribution in [1.29, 1.82) is 0 Å². The number of rotatable bonds is 24. The third-order valence-electron chi connectivity index (χ3n) is 22.2. The highest BCUT2D eigenvalue weighted by Crippen LogP contribution is 2.53. The van der Waals surface area contributed by atoms with Crippen LogP contribution in [0.25, 0.3) is 0 Å². The summed E-state index contributed by atoms with van der Waals surface area (Å²) in [5.41, 5.74) is -4.41. The van der Waals surface area contributed by atoms with Crippen LogP contribution in [-0.2, 0) is 143 Å². The molecule has 0 radical (unpaired) electrons. The molecule has 610 valence electrons. The van der Waals surface area contributed by atoms with Gasteiger partial charge < -0.3 is 71.1 Å². The number of hydrogen-bond acceptors (Lipinski definition) is 30. The van der Waals surface area contributed by atoms with Gasteiger partial charge >= 0.3 is 89.5 Å². The molecule has 0 aromatic heterocycles. The molecule has 12 aliphatic rings. The minimum Gasteiger partial charge on any atom is -0.463 e. The number of ether oxygens (including phenoxy) is 15. The number of carbonyl (C=O) groups excluding carboxylic acids is 15. The lowest BCUT2D eigenvalue weighted by atomic mass is 9.65. The van der Waals surface area contributed by atoms with Gasteiger partial charge in [0.2, 0.25) is 12.2 Å². The largest absolute Gasteiger partial charge is 0.463 e. The Morgan fingerprint density at radius 2 is 0.694 bits per heavy atom. The van der Waals surface area contributed by atoms with E-state index in [1.54, 1.807) is 55.4 Å². The summed E-state index contributed by atoms with van der Waals surface area (Å²) in [6, 6.07) is 0. The van der Waals surface area contributed by atoms with Crippen LogP contribution < -0.4 is 0 Å². The first-order valence-electron chi connectivity index (χ1n) is 38.0. The standard InChI is InChI=1S/C18H26O6.C16H24O4.2C12H18O6.2C10H16O4/c1-4-17(2,3)16(21)22-10-14(19)24-18-7-11-5-12(8-18)15(20)23-13(6-11)9-18;1-4-15(2,3)14(18)20-16-7-10-5-11(8-16)13(17)19-12(6-10)9-16;1-4-12(2,3)11(15)17-7-10(14)18-8-5-9(13)16-6-8;1-4-12(2,3)11(15)17-7-9(13)18-8-5-6-16-10(8)14;1-4-10(2,3)9(12)14-7-5-8(11)13-6-7;1-4-10(2,3)9(12)14-7-5-6-13-8(7)11/h11-13H,4-10H2,1-3H3;10-12H,4-9H2,1-3H3;2*8H,4-7H2,1-3H3;2*7H,4-6H2,1-3H3. The summed E-state index contributed by atoms with van der Waals surface area (Å²) in [6.45, 7) is 32.6. The molecule has 30 heteroatoms. The Kier molecular flexibility index (Phi) is 32.4. The van der Waals surface area contributed by atoms with Gasteiger partial charge in [-0.3, -0.25) is 47.9 Å². The van der Waals surface area contributed by atoms with Crippen molar-refractivity contribution in [3.63, 3.8) is 0 Å². The van der Waals surface area contributed by atoms with Crippen molar-refractivity contribution in [3.05, 3.63) is 0 Å². The molecule has 12 fully saturated rings. The van der Waals surface area contributed by atoms with E-state index in [0.29, 0.717) is 89.1 Å². The molecule has 0 N–H and O–H groups in total.